The summed E-state index contributed by atoms with van der Waals surface area (Å²) in [6.07, 6.45) is 5.91. The van der Waals surface area contributed by atoms with Crippen molar-refractivity contribution in [2.75, 3.05) is 6.61 Å². The van der Waals surface area contributed by atoms with Crippen LogP contribution in [0.25, 0.3) is 0 Å². The van der Waals surface area contributed by atoms with Crippen molar-refractivity contribution in [2.45, 2.75) is 59.5 Å². The molecule has 2 unspecified atom stereocenters. The highest BCUT2D eigenvalue weighted by molar-refractivity contribution is 5.17. The number of hydrogen-bond acceptors (Lipinski definition) is 2. The summed E-state index contributed by atoms with van der Waals surface area (Å²) in [5.41, 5.74) is 1.59. The smallest absolute Gasteiger partial charge is 0.0568 e. The molecule has 0 aliphatic heterocycles. The van der Waals surface area contributed by atoms with Gasteiger partial charge in [0.15, 0.2) is 0 Å². The topological polar surface area (TPSA) is 40.5 Å². The van der Waals surface area contributed by atoms with Gasteiger partial charge in [0.25, 0.3) is 0 Å². The first-order chi connectivity index (χ1) is 7.32. The van der Waals surface area contributed by atoms with Crippen LogP contribution in [0.4, 0.5) is 0 Å². The third kappa shape index (κ3) is 2.86. The van der Waals surface area contributed by atoms with Crippen molar-refractivity contribution in [3.8, 4) is 0 Å². The number of aliphatic hydroxyl groups is 2. The van der Waals surface area contributed by atoms with E-state index in [4.69, 9.17) is 5.11 Å². The summed E-state index contributed by atoms with van der Waals surface area (Å²) in [7, 11) is 0. The maximum absolute atomic E-state index is 9.76. The van der Waals surface area contributed by atoms with Crippen LogP contribution in [-0.2, 0) is 0 Å². The highest BCUT2D eigenvalue weighted by Crippen LogP contribution is 2.44. The van der Waals surface area contributed by atoms with Gasteiger partial charge < -0.3 is 10.2 Å². The summed E-state index contributed by atoms with van der Waals surface area (Å²) in [5, 5.41) is 18.8. The van der Waals surface area contributed by atoms with Gasteiger partial charge in [0.05, 0.1) is 6.10 Å². The van der Waals surface area contributed by atoms with Gasteiger partial charge in [0, 0.05) is 6.61 Å². The standard InChI is InChI=1S/C14H26O2/c1-11(16)14(4)7-5-12(6-8-14)13(2,3)9-10-15/h5,11,15-16H,6-10H2,1-4H3. The molecule has 0 aromatic rings. The minimum Gasteiger partial charge on any atom is -0.396 e. The van der Waals surface area contributed by atoms with E-state index in [0.717, 1.165) is 25.7 Å². The molecule has 94 valence electrons. The van der Waals surface area contributed by atoms with Gasteiger partial charge in [-0.25, -0.2) is 0 Å². The molecule has 0 bridgehead atoms. The molecule has 1 aliphatic rings. The van der Waals surface area contributed by atoms with Crippen LogP contribution in [0.1, 0.15) is 53.4 Å². The van der Waals surface area contributed by atoms with Crippen molar-refractivity contribution >= 4 is 0 Å². The molecule has 2 N–H and O–H groups in total. The van der Waals surface area contributed by atoms with E-state index in [1.165, 1.54) is 5.57 Å². The van der Waals surface area contributed by atoms with E-state index in [2.05, 4.69) is 26.8 Å². The second-order valence-corrected chi connectivity index (χ2v) is 6.12. The fraction of sp³-hybridized carbons (Fsp3) is 0.857. The van der Waals surface area contributed by atoms with Gasteiger partial charge in [-0.2, -0.15) is 0 Å². The highest BCUT2D eigenvalue weighted by Gasteiger charge is 2.34. The summed E-state index contributed by atoms with van der Waals surface area (Å²) < 4.78 is 0. The molecule has 16 heavy (non-hydrogen) atoms. The average molecular weight is 226 g/mol. The number of allylic oxidation sites excluding steroid dienone is 2. The van der Waals surface area contributed by atoms with Gasteiger partial charge in [-0.1, -0.05) is 32.4 Å². The Labute approximate surface area is 99.4 Å². The van der Waals surface area contributed by atoms with Crippen molar-refractivity contribution in [2.24, 2.45) is 10.8 Å². The zero-order chi connectivity index (χ0) is 12.4. The molecule has 0 aromatic heterocycles. The summed E-state index contributed by atoms with van der Waals surface area (Å²) in [4.78, 5) is 0. The van der Waals surface area contributed by atoms with E-state index in [1.807, 2.05) is 6.92 Å². The summed E-state index contributed by atoms with van der Waals surface area (Å²) in [6, 6.07) is 0. The van der Waals surface area contributed by atoms with E-state index in [0.29, 0.717) is 0 Å². The third-order valence-corrected chi connectivity index (χ3v) is 4.39. The molecule has 0 radical (unpaired) electrons. The fourth-order valence-corrected chi connectivity index (χ4v) is 2.41. The first kappa shape index (κ1) is 13.7. The second kappa shape index (κ2) is 4.89. The van der Waals surface area contributed by atoms with Gasteiger partial charge in [-0.3, -0.25) is 0 Å². The van der Waals surface area contributed by atoms with E-state index < -0.39 is 0 Å². The van der Waals surface area contributed by atoms with Crippen molar-refractivity contribution in [3.63, 3.8) is 0 Å². The molecule has 0 amide bonds. The van der Waals surface area contributed by atoms with Crippen LogP contribution in [0, 0.1) is 10.8 Å². The lowest BCUT2D eigenvalue weighted by atomic mass is 9.67. The molecule has 0 saturated heterocycles. The van der Waals surface area contributed by atoms with Crippen molar-refractivity contribution in [3.05, 3.63) is 11.6 Å². The lowest BCUT2D eigenvalue weighted by Gasteiger charge is -2.39. The van der Waals surface area contributed by atoms with Crippen LogP contribution >= 0.6 is 0 Å². The zero-order valence-corrected chi connectivity index (χ0v) is 11.1. The monoisotopic (exact) mass is 226 g/mol. The van der Waals surface area contributed by atoms with Crippen LogP contribution < -0.4 is 0 Å². The quantitative estimate of drug-likeness (QED) is 0.724. The molecule has 0 saturated carbocycles. The summed E-state index contributed by atoms with van der Waals surface area (Å²) in [6.45, 7) is 8.68. The Morgan fingerprint density at radius 3 is 2.50 bits per heavy atom. The number of rotatable bonds is 4. The fourth-order valence-electron chi connectivity index (χ4n) is 2.41. The molecule has 1 aliphatic carbocycles. The lowest BCUT2D eigenvalue weighted by Crippen LogP contribution is -2.33. The lowest BCUT2D eigenvalue weighted by molar-refractivity contribution is 0.0419. The maximum Gasteiger partial charge on any atom is 0.0568 e. The van der Waals surface area contributed by atoms with E-state index >= 15 is 0 Å². The minimum absolute atomic E-state index is 0.0405. The first-order valence-electron chi connectivity index (χ1n) is 6.30. The van der Waals surface area contributed by atoms with Gasteiger partial charge in [-0.05, 0) is 43.4 Å². The second-order valence-electron chi connectivity index (χ2n) is 6.12. The van der Waals surface area contributed by atoms with Crippen LogP contribution in [0.3, 0.4) is 0 Å². The predicted octanol–water partition coefficient (Wildman–Crippen LogP) is 2.89. The third-order valence-electron chi connectivity index (χ3n) is 4.39. The summed E-state index contributed by atoms with van der Waals surface area (Å²) >= 11 is 0. The molecule has 0 spiro atoms. The molecule has 2 heteroatoms. The van der Waals surface area contributed by atoms with Crippen LogP contribution in [-0.4, -0.2) is 22.9 Å². The summed E-state index contributed by atoms with van der Waals surface area (Å²) in [5.74, 6) is 0. The highest BCUT2D eigenvalue weighted by atomic mass is 16.3. The predicted molar refractivity (Wildman–Crippen MR) is 67.2 cm³/mol. The largest absolute Gasteiger partial charge is 0.396 e. The van der Waals surface area contributed by atoms with Gasteiger partial charge in [-0.15, -0.1) is 0 Å². The normalized spacial score (nSPS) is 28.8. The van der Waals surface area contributed by atoms with Crippen molar-refractivity contribution < 1.29 is 10.2 Å². The molecule has 0 heterocycles. The van der Waals surface area contributed by atoms with E-state index in [1.54, 1.807) is 0 Å². The molecule has 2 nitrogen and oxygen atoms in total. The SMILES string of the molecule is CC(O)C1(C)CC=C(C(C)(C)CCO)CC1. The molecule has 1 rings (SSSR count). The van der Waals surface area contributed by atoms with Gasteiger partial charge in [0.1, 0.15) is 0 Å². The van der Waals surface area contributed by atoms with Crippen LogP contribution in [0.5, 0.6) is 0 Å². The molecule has 2 atom stereocenters. The number of hydrogen-bond donors (Lipinski definition) is 2. The van der Waals surface area contributed by atoms with Crippen LogP contribution in [0.2, 0.25) is 0 Å². The van der Waals surface area contributed by atoms with E-state index in [-0.39, 0.29) is 23.5 Å². The zero-order valence-electron chi connectivity index (χ0n) is 11.1. The van der Waals surface area contributed by atoms with Gasteiger partial charge in [0.2, 0.25) is 0 Å². The Hall–Kier alpha value is -0.340. The van der Waals surface area contributed by atoms with Crippen molar-refractivity contribution in [1.29, 1.82) is 0 Å². The Kier molecular flexibility index (Phi) is 4.19. The van der Waals surface area contributed by atoms with Crippen LogP contribution in [0.15, 0.2) is 11.6 Å². The Bertz CT molecular complexity index is 266. The molecular formula is C14H26O2. The Morgan fingerprint density at radius 1 is 1.50 bits per heavy atom. The van der Waals surface area contributed by atoms with Gasteiger partial charge >= 0.3 is 0 Å². The Morgan fingerprint density at radius 2 is 2.12 bits per heavy atom. The first-order valence-corrected chi connectivity index (χ1v) is 6.30. The van der Waals surface area contributed by atoms with E-state index in [9.17, 15) is 5.11 Å². The molecular weight excluding hydrogens is 200 g/mol. The minimum atomic E-state index is -0.244. The Balaban J connectivity index is 2.72. The average Bonchev–Trinajstić information content (AvgIpc) is 2.18. The maximum atomic E-state index is 9.76. The van der Waals surface area contributed by atoms with Crippen molar-refractivity contribution in [1.82, 2.24) is 0 Å². The molecule has 0 fully saturated rings. The molecule has 0 aromatic carbocycles. The number of aliphatic hydroxyl groups excluding tert-OH is 2.